The molecule has 6 heteroatoms. The van der Waals surface area contributed by atoms with Gasteiger partial charge in [0.15, 0.2) is 0 Å². The summed E-state index contributed by atoms with van der Waals surface area (Å²) in [6.07, 6.45) is 0.00845. The highest BCUT2D eigenvalue weighted by Gasteiger charge is 2.33. The van der Waals surface area contributed by atoms with Crippen molar-refractivity contribution in [3.05, 3.63) is 28.8 Å². The maximum Gasteiger partial charge on any atom is 0.255 e. The zero-order valence-electron chi connectivity index (χ0n) is 12.6. The molecular weight excluding hydrogens is 292 g/mol. The van der Waals surface area contributed by atoms with Crippen molar-refractivity contribution in [1.82, 2.24) is 10.2 Å². The number of carbonyl (C=O) groups is 1. The molecule has 1 aliphatic rings. The van der Waals surface area contributed by atoms with Gasteiger partial charge in [-0.15, -0.1) is 0 Å². The summed E-state index contributed by atoms with van der Waals surface area (Å²) in [5.74, 6) is 0.315. The molecule has 2 rings (SSSR count). The van der Waals surface area contributed by atoms with Gasteiger partial charge in [0.25, 0.3) is 5.91 Å². The Bertz CT molecular complexity index is 510. The zero-order chi connectivity index (χ0) is 15.4. The number of rotatable bonds is 5. The summed E-state index contributed by atoms with van der Waals surface area (Å²) < 4.78 is 10.9. The number of likely N-dealkylation sites (tertiary alicyclic amines) is 1. The first kappa shape index (κ1) is 16.1. The molecule has 0 radical (unpaired) electrons. The Morgan fingerprint density at radius 1 is 1.48 bits per heavy atom. The number of hydrogen-bond acceptors (Lipinski definition) is 4. The van der Waals surface area contributed by atoms with Crippen LogP contribution in [-0.2, 0) is 4.74 Å². The fraction of sp³-hybridized carbons (Fsp3) is 0.533. The van der Waals surface area contributed by atoms with Crippen LogP contribution in [0.5, 0.6) is 5.75 Å². The van der Waals surface area contributed by atoms with Crippen molar-refractivity contribution >= 4 is 17.5 Å². The Morgan fingerprint density at radius 3 is 2.90 bits per heavy atom. The molecule has 0 aliphatic carbocycles. The van der Waals surface area contributed by atoms with Crippen LogP contribution in [0.15, 0.2) is 18.2 Å². The third-order valence-electron chi connectivity index (χ3n) is 3.55. The maximum absolute atomic E-state index is 12.5. The van der Waals surface area contributed by atoms with Gasteiger partial charge in [0.1, 0.15) is 5.75 Å². The Balaban J connectivity index is 2.12. The van der Waals surface area contributed by atoms with Crippen LogP contribution < -0.4 is 10.1 Å². The van der Waals surface area contributed by atoms with Crippen molar-refractivity contribution in [2.45, 2.75) is 19.1 Å². The van der Waals surface area contributed by atoms with Crippen molar-refractivity contribution in [3.8, 4) is 5.75 Å². The molecule has 0 bridgehead atoms. The largest absolute Gasteiger partial charge is 0.496 e. The van der Waals surface area contributed by atoms with E-state index in [0.29, 0.717) is 22.9 Å². The summed E-state index contributed by atoms with van der Waals surface area (Å²) in [4.78, 5) is 14.6. The molecule has 1 amide bonds. The molecule has 116 valence electrons. The van der Waals surface area contributed by atoms with Gasteiger partial charge in [-0.05, 0) is 32.2 Å². The van der Waals surface area contributed by atoms with E-state index in [1.54, 1.807) is 18.2 Å². The molecule has 5 nitrogen and oxygen atoms in total. The Labute approximate surface area is 130 Å². The van der Waals surface area contributed by atoms with E-state index in [2.05, 4.69) is 10.2 Å². The molecule has 0 saturated carbocycles. The van der Waals surface area contributed by atoms with Gasteiger partial charge in [-0.1, -0.05) is 11.6 Å². The molecule has 1 aromatic carbocycles. The Hall–Kier alpha value is -1.30. The second-order valence-electron chi connectivity index (χ2n) is 5.14. The molecule has 0 unspecified atom stereocenters. The third-order valence-corrected chi connectivity index (χ3v) is 3.79. The number of nitrogens with one attached hydrogen (secondary N) is 1. The van der Waals surface area contributed by atoms with Gasteiger partial charge in [-0.2, -0.15) is 0 Å². The number of ether oxygens (including phenoxy) is 2. The second kappa shape index (κ2) is 7.11. The lowest BCUT2D eigenvalue weighted by Crippen LogP contribution is -2.44. The number of amides is 1. The van der Waals surface area contributed by atoms with Crippen LogP contribution in [0.3, 0.4) is 0 Å². The minimum Gasteiger partial charge on any atom is -0.496 e. The quantitative estimate of drug-likeness (QED) is 0.901. The summed E-state index contributed by atoms with van der Waals surface area (Å²) in [6, 6.07) is 4.97. The van der Waals surface area contributed by atoms with Gasteiger partial charge in [0.05, 0.1) is 24.8 Å². The number of halogens is 1. The molecule has 1 aromatic rings. The van der Waals surface area contributed by atoms with Crippen LogP contribution in [-0.4, -0.2) is 56.8 Å². The Morgan fingerprint density at radius 2 is 2.24 bits per heavy atom. The maximum atomic E-state index is 12.5. The summed E-state index contributed by atoms with van der Waals surface area (Å²) in [6.45, 7) is 4.16. The van der Waals surface area contributed by atoms with Crippen molar-refractivity contribution in [2.75, 3.05) is 33.9 Å². The van der Waals surface area contributed by atoms with Crippen molar-refractivity contribution in [1.29, 1.82) is 0 Å². The van der Waals surface area contributed by atoms with Gasteiger partial charge in [0.2, 0.25) is 0 Å². The van der Waals surface area contributed by atoms with E-state index in [1.165, 1.54) is 7.11 Å². The number of methoxy groups -OCH3 is 1. The fourth-order valence-electron chi connectivity index (χ4n) is 2.59. The van der Waals surface area contributed by atoms with Gasteiger partial charge in [-0.25, -0.2) is 0 Å². The average Bonchev–Trinajstić information content (AvgIpc) is 2.79. The summed E-state index contributed by atoms with van der Waals surface area (Å²) in [7, 11) is 3.55. The second-order valence-corrected chi connectivity index (χ2v) is 5.58. The summed E-state index contributed by atoms with van der Waals surface area (Å²) in [5.41, 5.74) is 0.440. The first-order valence-electron chi connectivity index (χ1n) is 6.99. The van der Waals surface area contributed by atoms with E-state index in [9.17, 15) is 4.79 Å². The number of carbonyl (C=O) groups excluding carboxylic acids is 1. The van der Waals surface area contributed by atoms with Gasteiger partial charge in [0, 0.05) is 24.7 Å². The van der Waals surface area contributed by atoms with Crippen molar-refractivity contribution in [3.63, 3.8) is 0 Å². The van der Waals surface area contributed by atoms with E-state index in [0.717, 1.165) is 13.1 Å². The molecule has 1 aliphatic heterocycles. The van der Waals surface area contributed by atoms with E-state index in [-0.39, 0.29) is 18.1 Å². The first-order chi connectivity index (χ1) is 10.0. The predicted molar refractivity (Wildman–Crippen MR) is 82.2 cm³/mol. The zero-order valence-corrected chi connectivity index (χ0v) is 13.3. The van der Waals surface area contributed by atoms with E-state index in [1.807, 2.05) is 14.0 Å². The van der Waals surface area contributed by atoms with Crippen LogP contribution in [0.25, 0.3) is 0 Å². The highest BCUT2D eigenvalue weighted by molar-refractivity contribution is 6.31. The lowest BCUT2D eigenvalue weighted by atomic mass is 10.1. The summed E-state index contributed by atoms with van der Waals surface area (Å²) >= 11 is 5.97. The highest BCUT2D eigenvalue weighted by Crippen LogP contribution is 2.23. The molecule has 1 saturated heterocycles. The molecule has 0 aromatic heterocycles. The van der Waals surface area contributed by atoms with Gasteiger partial charge >= 0.3 is 0 Å². The number of hydrogen-bond donors (Lipinski definition) is 1. The molecule has 1 N–H and O–H groups in total. The number of likely N-dealkylation sites (N-methyl/N-ethyl adjacent to an activating group) is 1. The van der Waals surface area contributed by atoms with Crippen LogP contribution in [0, 0.1) is 0 Å². The molecule has 0 spiro atoms. The molecule has 21 heavy (non-hydrogen) atoms. The standard InChI is InChI=1S/C15H21ClN2O3/c1-4-21-14-9-18(2)8-12(14)17-15(19)11-7-10(16)5-6-13(11)20-3/h5-7,12,14H,4,8-9H2,1-3H3,(H,17,19)/t12-,14-/m0/s1. The molecule has 2 atom stereocenters. The normalized spacial score (nSPS) is 22.3. The van der Waals surface area contributed by atoms with Gasteiger partial charge in [-0.3, -0.25) is 4.79 Å². The molecule has 1 fully saturated rings. The third kappa shape index (κ3) is 3.87. The first-order valence-corrected chi connectivity index (χ1v) is 7.37. The average molecular weight is 313 g/mol. The van der Waals surface area contributed by atoms with Crippen LogP contribution in [0.2, 0.25) is 5.02 Å². The minimum atomic E-state index is -0.195. The molecule has 1 heterocycles. The monoisotopic (exact) mass is 312 g/mol. The lowest BCUT2D eigenvalue weighted by Gasteiger charge is -2.20. The summed E-state index contributed by atoms with van der Waals surface area (Å²) in [5, 5.41) is 3.52. The van der Waals surface area contributed by atoms with Crippen LogP contribution >= 0.6 is 11.6 Å². The van der Waals surface area contributed by atoms with Crippen molar-refractivity contribution < 1.29 is 14.3 Å². The Kier molecular flexibility index (Phi) is 5.45. The molecular formula is C15H21ClN2O3. The van der Waals surface area contributed by atoms with E-state index < -0.39 is 0 Å². The smallest absolute Gasteiger partial charge is 0.255 e. The lowest BCUT2D eigenvalue weighted by molar-refractivity contribution is 0.0512. The van der Waals surface area contributed by atoms with Crippen LogP contribution in [0.4, 0.5) is 0 Å². The highest BCUT2D eigenvalue weighted by atomic mass is 35.5. The number of nitrogens with zero attached hydrogens (tertiary/aromatic N) is 1. The SMILES string of the molecule is CCO[C@H]1CN(C)C[C@@H]1NC(=O)c1cc(Cl)ccc1OC. The predicted octanol–water partition coefficient (Wildman–Crippen LogP) is 1.80. The topological polar surface area (TPSA) is 50.8 Å². The van der Waals surface area contributed by atoms with Crippen molar-refractivity contribution in [2.24, 2.45) is 0 Å². The van der Waals surface area contributed by atoms with E-state index in [4.69, 9.17) is 21.1 Å². The fourth-order valence-corrected chi connectivity index (χ4v) is 2.76. The van der Waals surface area contributed by atoms with Gasteiger partial charge < -0.3 is 19.7 Å². The van der Waals surface area contributed by atoms with E-state index >= 15 is 0 Å². The minimum absolute atomic E-state index is 0.00845. The van der Waals surface area contributed by atoms with Crippen LogP contribution in [0.1, 0.15) is 17.3 Å². The number of benzene rings is 1.